The third-order valence-electron chi connectivity index (χ3n) is 4.26. The van der Waals surface area contributed by atoms with E-state index < -0.39 is 28.8 Å². The summed E-state index contributed by atoms with van der Waals surface area (Å²) in [7, 11) is 0. The molecule has 2 rings (SSSR count). The van der Waals surface area contributed by atoms with Crippen LogP contribution in [-0.2, 0) is 20.9 Å². The molecular formula is C17H21ClO4. The van der Waals surface area contributed by atoms with E-state index in [1.54, 1.807) is 24.3 Å². The molecule has 1 aliphatic rings. The van der Waals surface area contributed by atoms with Gasteiger partial charge in [0.15, 0.2) is 5.78 Å². The summed E-state index contributed by atoms with van der Waals surface area (Å²) in [6, 6.07) is 7.03. The van der Waals surface area contributed by atoms with E-state index in [1.807, 2.05) is 13.8 Å². The molecule has 2 unspecified atom stereocenters. The third kappa shape index (κ3) is 3.33. The fourth-order valence-electron chi connectivity index (χ4n) is 2.77. The van der Waals surface area contributed by atoms with E-state index in [0.29, 0.717) is 5.02 Å². The highest BCUT2D eigenvalue weighted by molar-refractivity contribution is 6.30. The molecule has 1 N–H and O–H groups in total. The second-order valence-electron chi connectivity index (χ2n) is 6.93. The zero-order chi connectivity index (χ0) is 16.7. The molecule has 0 amide bonds. The Hall–Kier alpha value is -1.39. The summed E-state index contributed by atoms with van der Waals surface area (Å²) in [6.07, 6.45) is 0. The molecule has 0 heterocycles. The first-order chi connectivity index (χ1) is 10.0. The largest absolute Gasteiger partial charge is 0.461 e. The van der Waals surface area contributed by atoms with Crippen molar-refractivity contribution in [3.05, 3.63) is 34.9 Å². The van der Waals surface area contributed by atoms with Crippen LogP contribution in [0.1, 0.15) is 33.3 Å². The van der Waals surface area contributed by atoms with Gasteiger partial charge in [-0.2, -0.15) is 0 Å². The Morgan fingerprint density at radius 3 is 2.27 bits per heavy atom. The number of aliphatic hydroxyl groups is 1. The van der Waals surface area contributed by atoms with Crippen LogP contribution in [-0.4, -0.2) is 22.5 Å². The Bertz CT molecular complexity index is 584. The fourth-order valence-corrected chi connectivity index (χ4v) is 2.90. The predicted octanol–water partition coefficient (Wildman–Crippen LogP) is 3.00. The Balaban J connectivity index is 1.98. The van der Waals surface area contributed by atoms with E-state index >= 15 is 0 Å². The van der Waals surface area contributed by atoms with Gasteiger partial charge in [-0.15, -0.1) is 0 Å². The van der Waals surface area contributed by atoms with Crippen LogP contribution in [0, 0.1) is 17.3 Å². The lowest BCUT2D eigenvalue weighted by Gasteiger charge is -2.16. The van der Waals surface area contributed by atoms with Crippen molar-refractivity contribution in [3.63, 3.8) is 0 Å². The Morgan fingerprint density at radius 1 is 1.23 bits per heavy atom. The first-order valence-corrected chi connectivity index (χ1v) is 7.60. The second-order valence-corrected chi connectivity index (χ2v) is 7.37. The van der Waals surface area contributed by atoms with Gasteiger partial charge in [-0.25, -0.2) is 0 Å². The molecule has 2 atom stereocenters. The van der Waals surface area contributed by atoms with Crippen LogP contribution in [0.5, 0.6) is 0 Å². The number of halogens is 1. The van der Waals surface area contributed by atoms with E-state index in [1.165, 1.54) is 13.8 Å². The van der Waals surface area contributed by atoms with Crippen LogP contribution in [0.25, 0.3) is 0 Å². The first-order valence-electron chi connectivity index (χ1n) is 7.23. The van der Waals surface area contributed by atoms with E-state index in [4.69, 9.17) is 16.3 Å². The normalized spacial score (nSPS) is 23.0. The van der Waals surface area contributed by atoms with Gasteiger partial charge in [0.1, 0.15) is 12.2 Å². The monoisotopic (exact) mass is 324 g/mol. The lowest BCUT2D eigenvalue weighted by molar-refractivity contribution is -0.149. The molecule has 0 spiro atoms. The van der Waals surface area contributed by atoms with Crippen LogP contribution >= 0.6 is 11.6 Å². The lowest BCUT2D eigenvalue weighted by atomic mass is 9.95. The summed E-state index contributed by atoms with van der Waals surface area (Å²) in [4.78, 5) is 24.4. The number of esters is 1. The average Bonchev–Trinajstić information content (AvgIpc) is 2.98. The highest BCUT2D eigenvalue weighted by Gasteiger charge is 2.67. The van der Waals surface area contributed by atoms with Crippen molar-refractivity contribution in [2.45, 2.75) is 39.9 Å². The lowest BCUT2D eigenvalue weighted by Crippen LogP contribution is -2.34. The van der Waals surface area contributed by atoms with Gasteiger partial charge in [-0.05, 0) is 37.0 Å². The summed E-state index contributed by atoms with van der Waals surface area (Å²) in [5.74, 6) is -1.71. The number of carbonyl (C=O) groups is 2. The standard InChI is InChI=1S/C17H21ClO4/c1-16(2)12(14(19)17(3,4)21)13(16)15(20)22-9-10-5-7-11(18)8-6-10/h5-8,12-13,21H,9H2,1-4H3. The summed E-state index contributed by atoms with van der Waals surface area (Å²) < 4.78 is 5.30. The molecule has 0 aromatic heterocycles. The number of carbonyl (C=O) groups excluding carboxylic acids is 2. The molecule has 0 saturated heterocycles. The number of ketones is 1. The van der Waals surface area contributed by atoms with Crippen LogP contribution in [0.2, 0.25) is 5.02 Å². The Kier molecular flexibility index (Phi) is 4.37. The maximum absolute atomic E-state index is 12.2. The van der Waals surface area contributed by atoms with Crippen molar-refractivity contribution < 1.29 is 19.4 Å². The van der Waals surface area contributed by atoms with Gasteiger partial charge in [-0.1, -0.05) is 37.6 Å². The van der Waals surface area contributed by atoms with Crippen molar-refractivity contribution in [3.8, 4) is 0 Å². The molecule has 1 saturated carbocycles. The van der Waals surface area contributed by atoms with Crippen molar-refractivity contribution in [1.29, 1.82) is 0 Å². The van der Waals surface area contributed by atoms with Crippen molar-refractivity contribution in [2.75, 3.05) is 0 Å². The van der Waals surface area contributed by atoms with Crippen LogP contribution in [0.15, 0.2) is 24.3 Å². The highest BCUT2D eigenvalue weighted by Crippen LogP contribution is 2.60. The molecule has 1 fully saturated rings. The predicted molar refractivity (Wildman–Crippen MR) is 83.3 cm³/mol. The van der Waals surface area contributed by atoms with Crippen LogP contribution in [0.4, 0.5) is 0 Å². The molecular weight excluding hydrogens is 304 g/mol. The molecule has 4 nitrogen and oxygen atoms in total. The molecule has 0 aliphatic heterocycles. The summed E-state index contributed by atoms with van der Waals surface area (Å²) >= 11 is 5.80. The zero-order valence-corrected chi connectivity index (χ0v) is 14.0. The van der Waals surface area contributed by atoms with Gasteiger partial charge < -0.3 is 9.84 Å². The molecule has 1 aliphatic carbocycles. The van der Waals surface area contributed by atoms with Crippen LogP contribution in [0.3, 0.4) is 0 Å². The molecule has 5 heteroatoms. The zero-order valence-electron chi connectivity index (χ0n) is 13.2. The molecule has 22 heavy (non-hydrogen) atoms. The fraction of sp³-hybridized carbons (Fsp3) is 0.529. The van der Waals surface area contributed by atoms with Gasteiger partial charge in [0, 0.05) is 10.9 Å². The minimum atomic E-state index is -1.44. The summed E-state index contributed by atoms with van der Waals surface area (Å²) in [5, 5.41) is 10.5. The van der Waals surface area contributed by atoms with Crippen LogP contribution < -0.4 is 0 Å². The van der Waals surface area contributed by atoms with Gasteiger partial charge >= 0.3 is 5.97 Å². The Labute approximate surface area is 135 Å². The first kappa shape index (κ1) is 17.0. The quantitative estimate of drug-likeness (QED) is 0.846. The minimum absolute atomic E-state index is 0.145. The van der Waals surface area contributed by atoms with E-state index in [0.717, 1.165) is 5.56 Å². The molecule has 0 radical (unpaired) electrons. The molecule has 120 valence electrons. The number of benzene rings is 1. The smallest absolute Gasteiger partial charge is 0.310 e. The molecule has 1 aromatic carbocycles. The number of ether oxygens (including phenoxy) is 1. The number of rotatable bonds is 5. The number of Topliss-reactive ketones (excluding diaryl/α,β-unsaturated/α-hetero) is 1. The maximum Gasteiger partial charge on any atom is 0.310 e. The van der Waals surface area contributed by atoms with E-state index in [-0.39, 0.29) is 12.4 Å². The number of hydrogen-bond acceptors (Lipinski definition) is 4. The topological polar surface area (TPSA) is 63.6 Å². The Morgan fingerprint density at radius 2 is 1.77 bits per heavy atom. The summed E-state index contributed by atoms with van der Waals surface area (Å²) in [6.45, 7) is 6.72. The van der Waals surface area contributed by atoms with Crippen molar-refractivity contribution >= 4 is 23.4 Å². The minimum Gasteiger partial charge on any atom is -0.461 e. The van der Waals surface area contributed by atoms with Crippen molar-refractivity contribution in [2.24, 2.45) is 17.3 Å². The average molecular weight is 325 g/mol. The third-order valence-corrected chi connectivity index (χ3v) is 4.51. The second kappa shape index (κ2) is 5.67. The van der Waals surface area contributed by atoms with Gasteiger partial charge in [0.05, 0.1) is 5.92 Å². The van der Waals surface area contributed by atoms with Gasteiger partial charge in [-0.3, -0.25) is 9.59 Å². The molecule has 0 bridgehead atoms. The maximum atomic E-state index is 12.2. The number of hydrogen-bond donors (Lipinski definition) is 1. The van der Waals surface area contributed by atoms with Crippen molar-refractivity contribution in [1.82, 2.24) is 0 Å². The summed E-state index contributed by atoms with van der Waals surface area (Å²) in [5.41, 5.74) is -1.08. The van der Waals surface area contributed by atoms with Gasteiger partial charge in [0.25, 0.3) is 0 Å². The van der Waals surface area contributed by atoms with E-state index in [9.17, 15) is 14.7 Å². The highest BCUT2D eigenvalue weighted by atomic mass is 35.5. The SMILES string of the molecule is CC(C)(O)C(=O)C1C(C(=O)OCc2ccc(Cl)cc2)C1(C)C. The molecule has 1 aromatic rings. The van der Waals surface area contributed by atoms with E-state index in [2.05, 4.69) is 0 Å². The van der Waals surface area contributed by atoms with Gasteiger partial charge in [0.2, 0.25) is 0 Å².